The second-order valence-corrected chi connectivity index (χ2v) is 7.12. The molecule has 2 aromatic rings. The zero-order chi connectivity index (χ0) is 21.6. The van der Waals surface area contributed by atoms with Crippen molar-refractivity contribution in [3.8, 4) is 0 Å². The molecule has 0 unspecified atom stereocenters. The van der Waals surface area contributed by atoms with Gasteiger partial charge in [0, 0.05) is 0 Å². The Hall–Kier alpha value is -2.98. The fourth-order valence-corrected chi connectivity index (χ4v) is 3.88. The SMILES string of the molecule is CCOC(=O)c1sc(NC(=S)Nc2ccccc2C(N)=O)c(C(=O)OCC)c1C. The second kappa shape index (κ2) is 9.99. The van der Waals surface area contributed by atoms with Crippen molar-refractivity contribution >= 4 is 57.2 Å². The molecule has 1 amide bonds. The molecule has 0 radical (unpaired) electrons. The number of primary amides is 1. The van der Waals surface area contributed by atoms with E-state index in [4.69, 9.17) is 27.4 Å². The van der Waals surface area contributed by atoms with Gasteiger partial charge in [0.25, 0.3) is 5.91 Å². The van der Waals surface area contributed by atoms with E-state index in [0.717, 1.165) is 11.3 Å². The predicted molar refractivity (Wildman–Crippen MR) is 116 cm³/mol. The average molecular weight is 436 g/mol. The summed E-state index contributed by atoms with van der Waals surface area (Å²) in [4.78, 5) is 36.5. The molecule has 0 bridgehead atoms. The van der Waals surface area contributed by atoms with Gasteiger partial charge in [0.1, 0.15) is 9.88 Å². The van der Waals surface area contributed by atoms with Gasteiger partial charge < -0.3 is 25.8 Å². The Morgan fingerprint density at radius 2 is 1.69 bits per heavy atom. The van der Waals surface area contributed by atoms with Crippen LogP contribution in [0.25, 0.3) is 0 Å². The third-order valence-electron chi connectivity index (χ3n) is 3.75. The summed E-state index contributed by atoms with van der Waals surface area (Å²) in [5.41, 5.74) is 6.68. The highest BCUT2D eigenvalue weighted by Gasteiger charge is 2.27. The lowest BCUT2D eigenvalue weighted by Crippen LogP contribution is -2.23. The van der Waals surface area contributed by atoms with Gasteiger partial charge in [-0.3, -0.25) is 4.79 Å². The molecule has 0 atom stereocenters. The molecule has 2 rings (SSSR count). The predicted octanol–water partition coefficient (Wildman–Crippen LogP) is 3.32. The molecule has 0 fully saturated rings. The molecule has 0 saturated carbocycles. The number of anilines is 2. The summed E-state index contributed by atoms with van der Waals surface area (Å²) in [5, 5.41) is 6.22. The first-order chi connectivity index (χ1) is 13.8. The van der Waals surface area contributed by atoms with Gasteiger partial charge in [-0.15, -0.1) is 11.3 Å². The lowest BCUT2D eigenvalue weighted by molar-refractivity contribution is 0.0527. The molecule has 0 aliphatic rings. The van der Waals surface area contributed by atoms with Gasteiger partial charge in [-0.1, -0.05) is 12.1 Å². The Morgan fingerprint density at radius 3 is 2.31 bits per heavy atom. The Bertz CT molecular complexity index is 955. The van der Waals surface area contributed by atoms with E-state index < -0.39 is 17.8 Å². The fraction of sp³-hybridized carbons (Fsp3) is 0.263. The molecule has 0 aliphatic heterocycles. The molecule has 1 aromatic carbocycles. The quantitative estimate of drug-likeness (QED) is 0.448. The van der Waals surface area contributed by atoms with E-state index in [0.29, 0.717) is 16.3 Å². The maximum Gasteiger partial charge on any atom is 0.348 e. The minimum Gasteiger partial charge on any atom is -0.462 e. The monoisotopic (exact) mass is 435 g/mol. The average Bonchev–Trinajstić information content (AvgIpc) is 2.98. The number of hydrogen-bond acceptors (Lipinski definition) is 7. The summed E-state index contributed by atoms with van der Waals surface area (Å²) in [6.45, 7) is 5.40. The van der Waals surface area contributed by atoms with Crippen LogP contribution < -0.4 is 16.4 Å². The van der Waals surface area contributed by atoms with Gasteiger partial charge >= 0.3 is 11.9 Å². The van der Waals surface area contributed by atoms with Crippen molar-refractivity contribution in [1.29, 1.82) is 0 Å². The Kier molecular flexibility index (Phi) is 7.68. The number of carbonyl (C=O) groups excluding carboxylic acids is 3. The maximum absolute atomic E-state index is 12.4. The van der Waals surface area contributed by atoms with Crippen LogP contribution in [0.3, 0.4) is 0 Å². The van der Waals surface area contributed by atoms with Crippen LogP contribution in [-0.2, 0) is 9.47 Å². The van der Waals surface area contributed by atoms with Crippen molar-refractivity contribution in [2.75, 3.05) is 23.8 Å². The van der Waals surface area contributed by atoms with E-state index in [1.807, 2.05) is 0 Å². The number of nitrogens with one attached hydrogen (secondary N) is 2. The van der Waals surface area contributed by atoms with E-state index in [9.17, 15) is 14.4 Å². The van der Waals surface area contributed by atoms with E-state index in [2.05, 4.69) is 10.6 Å². The number of amides is 1. The van der Waals surface area contributed by atoms with Gasteiger partial charge in [-0.25, -0.2) is 9.59 Å². The van der Waals surface area contributed by atoms with Gasteiger partial charge in [0.05, 0.1) is 30.0 Å². The lowest BCUT2D eigenvalue weighted by atomic mass is 10.1. The molecule has 8 nitrogen and oxygen atoms in total. The number of rotatable bonds is 7. The number of thiocarbonyl (C=S) groups is 1. The fourth-order valence-electron chi connectivity index (χ4n) is 2.51. The molecule has 4 N–H and O–H groups in total. The van der Waals surface area contributed by atoms with E-state index >= 15 is 0 Å². The molecule has 10 heteroatoms. The summed E-state index contributed by atoms with van der Waals surface area (Å²) < 4.78 is 10.2. The van der Waals surface area contributed by atoms with E-state index in [-0.39, 0.29) is 34.3 Å². The second-order valence-electron chi connectivity index (χ2n) is 5.69. The molecular formula is C19H21N3O5S2. The number of carbonyl (C=O) groups is 3. The standard InChI is InChI=1S/C19H21N3O5S2/c1-4-26-17(24)13-10(3)14(18(25)27-5-2)29-16(13)22-19(28)21-12-9-7-6-8-11(12)15(20)23/h6-9H,4-5H2,1-3H3,(H2,20,23)(H2,21,22,28). The normalized spacial score (nSPS) is 10.2. The number of thiophene rings is 1. The first-order valence-corrected chi connectivity index (χ1v) is 9.97. The molecule has 0 spiro atoms. The van der Waals surface area contributed by atoms with Crippen LogP contribution in [0.4, 0.5) is 10.7 Å². The molecule has 29 heavy (non-hydrogen) atoms. The number of benzene rings is 1. The highest BCUT2D eigenvalue weighted by molar-refractivity contribution is 7.80. The number of hydrogen-bond donors (Lipinski definition) is 3. The van der Waals surface area contributed by atoms with Crippen molar-refractivity contribution < 1.29 is 23.9 Å². The van der Waals surface area contributed by atoms with Crippen LogP contribution in [0.2, 0.25) is 0 Å². The number of esters is 2. The van der Waals surface area contributed by atoms with Crippen LogP contribution in [0.15, 0.2) is 24.3 Å². The highest BCUT2D eigenvalue weighted by atomic mass is 32.1. The zero-order valence-corrected chi connectivity index (χ0v) is 17.8. The minimum absolute atomic E-state index is 0.112. The van der Waals surface area contributed by atoms with Gasteiger partial charge in [-0.05, 0) is 50.7 Å². The van der Waals surface area contributed by atoms with Gasteiger partial charge in [0.15, 0.2) is 5.11 Å². The minimum atomic E-state index is -0.611. The molecule has 1 aromatic heterocycles. The van der Waals surface area contributed by atoms with Crippen molar-refractivity contribution in [1.82, 2.24) is 0 Å². The first-order valence-electron chi connectivity index (χ1n) is 8.74. The van der Waals surface area contributed by atoms with E-state index in [1.54, 1.807) is 45.0 Å². The van der Waals surface area contributed by atoms with Crippen LogP contribution in [0.1, 0.15) is 49.8 Å². The van der Waals surface area contributed by atoms with Gasteiger partial charge in [0.2, 0.25) is 0 Å². The number of nitrogens with two attached hydrogens (primary N) is 1. The summed E-state index contributed by atoms with van der Waals surface area (Å²) in [6.07, 6.45) is 0. The summed E-state index contributed by atoms with van der Waals surface area (Å²) >= 11 is 6.34. The smallest absolute Gasteiger partial charge is 0.348 e. The summed E-state index contributed by atoms with van der Waals surface area (Å²) in [7, 11) is 0. The summed E-state index contributed by atoms with van der Waals surface area (Å²) in [6, 6.07) is 6.60. The van der Waals surface area contributed by atoms with Crippen LogP contribution in [0.5, 0.6) is 0 Å². The van der Waals surface area contributed by atoms with Crippen LogP contribution in [-0.4, -0.2) is 36.2 Å². The Labute approximate surface area is 177 Å². The van der Waals surface area contributed by atoms with Crippen LogP contribution in [0, 0.1) is 6.92 Å². The first kappa shape index (κ1) is 22.3. The van der Waals surface area contributed by atoms with E-state index in [1.165, 1.54) is 0 Å². The van der Waals surface area contributed by atoms with Crippen molar-refractivity contribution in [2.45, 2.75) is 20.8 Å². The lowest BCUT2D eigenvalue weighted by Gasteiger charge is -2.13. The number of para-hydroxylation sites is 1. The third-order valence-corrected chi connectivity index (χ3v) is 5.15. The topological polar surface area (TPSA) is 120 Å². The van der Waals surface area contributed by atoms with Gasteiger partial charge in [-0.2, -0.15) is 0 Å². The van der Waals surface area contributed by atoms with Crippen molar-refractivity contribution in [2.24, 2.45) is 5.73 Å². The Morgan fingerprint density at radius 1 is 1.07 bits per heavy atom. The largest absolute Gasteiger partial charge is 0.462 e. The molecule has 154 valence electrons. The molecule has 0 aliphatic carbocycles. The third kappa shape index (κ3) is 5.30. The molecular weight excluding hydrogens is 414 g/mol. The highest BCUT2D eigenvalue weighted by Crippen LogP contribution is 2.34. The number of ether oxygens (including phenoxy) is 2. The Balaban J connectivity index is 2.34. The van der Waals surface area contributed by atoms with Crippen molar-refractivity contribution in [3.63, 3.8) is 0 Å². The van der Waals surface area contributed by atoms with Crippen LogP contribution >= 0.6 is 23.6 Å². The molecule has 1 heterocycles. The zero-order valence-electron chi connectivity index (χ0n) is 16.2. The summed E-state index contributed by atoms with van der Waals surface area (Å²) in [5.74, 6) is -1.73. The molecule has 0 saturated heterocycles. The maximum atomic E-state index is 12.4. The van der Waals surface area contributed by atoms with Crippen molar-refractivity contribution in [3.05, 3.63) is 45.8 Å².